The first-order valence-electron chi connectivity index (χ1n) is 7.27. The topological polar surface area (TPSA) is 61.9 Å². The van der Waals surface area contributed by atoms with Crippen molar-refractivity contribution in [3.8, 4) is 0 Å². The highest BCUT2D eigenvalue weighted by Crippen LogP contribution is 2.15. The van der Waals surface area contributed by atoms with E-state index >= 15 is 0 Å². The zero-order valence-corrected chi connectivity index (χ0v) is 12.5. The molecule has 2 heterocycles. The number of nitrogens with zero attached hydrogens (tertiary/aromatic N) is 3. The van der Waals surface area contributed by atoms with Crippen molar-refractivity contribution in [2.24, 2.45) is 0 Å². The second kappa shape index (κ2) is 6.39. The second-order valence-electron chi connectivity index (χ2n) is 5.39. The summed E-state index contributed by atoms with van der Waals surface area (Å²) in [4.78, 5) is 18.3. The Bertz CT molecular complexity index is 767. The molecule has 3 aromatic rings. The molecule has 1 amide bonds. The lowest BCUT2D eigenvalue weighted by atomic mass is 10.1. The van der Waals surface area contributed by atoms with E-state index in [2.05, 4.69) is 21.2 Å². The maximum absolute atomic E-state index is 12.2. The number of H-pyrrole nitrogens is 1. The average molecular weight is 294 g/mol. The maximum atomic E-state index is 12.2. The molecule has 112 valence electrons. The van der Waals surface area contributed by atoms with Gasteiger partial charge in [0.15, 0.2) is 0 Å². The Morgan fingerprint density at radius 1 is 1.27 bits per heavy atom. The summed E-state index contributed by atoms with van der Waals surface area (Å²) in [7, 11) is 1.84. The van der Waals surface area contributed by atoms with Crippen LogP contribution in [-0.4, -0.2) is 33.0 Å². The minimum absolute atomic E-state index is 0.132. The van der Waals surface area contributed by atoms with Crippen molar-refractivity contribution in [3.05, 3.63) is 60.0 Å². The molecule has 0 aliphatic heterocycles. The lowest BCUT2D eigenvalue weighted by Crippen LogP contribution is -2.26. The van der Waals surface area contributed by atoms with Gasteiger partial charge in [0.05, 0.1) is 11.7 Å². The molecular weight excluding hydrogens is 276 g/mol. The molecule has 22 heavy (non-hydrogen) atoms. The van der Waals surface area contributed by atoms with Gasteiger partial charge in [0, 0.05) is 37.8 Å². The van der Waals surface area contributed by atoms with Crippen LogP contribution < -0.4 is 0 Å². The molecule has 3 rings (SSSR count). The number of carbonyl (C=O) groups is 1. The summed E-state index contributed by atoms with van der Waals surface area (Å²) in [5.41, 5.74) is 3.14. The molecule has 5 heteroatoms. The fraction of sp³-hybridized carbons (Fsp3) is 0.235. The zero-order valence-electron chi connectivity index (χ0n) is 12.5. The van der Waals surface area contributed by atoms with E-state index in [1.807, 2.05) is 37.5 Å². The first-order chi connectivity index (χ1) is 10.7. The maximum Gasteiger partial charge on any atom is 0.222 e. The molecule has 0 radical (unpaired) electrons. The van der Waals surface area contributed by atoms with Gasteiger partial charge in [-0.3, -0.25) is 14.9 Å². The van der Waals surface area contributed by atoms with Gasteiger partial charge in [0.1, 0.15) is 0 Å². The number of aryl methyl sites for hydroxylation is 1. The van der Waals surface area contributed by atoms with Crippen molar-refractivity contribution < 1.29 is 4.79 Å². The molecular formula is C17H18N4O. The zero-order chi connectivity index (χ0) is 15.4. The summed E-state index contributed by atoms with van der Waals surface area (Å²) in [5.74, 6) is 0.132. The van der Waals surface area contributed by atoms with E-state index in [0.717, 1.165) is 22.0 Å². The van der Waals surface area contributed by atoms with Crippen LogP contribution in [0.5, 0.6) is 0 Å². The highest BCUT2D eigenvalue weighted by Gasteiger charge is 2.10. The number of benzene rings is 1. The largest absolute Gasteiger partial charge is 0.341 e. The summed E-state index contributed by atoms with van der Waals surface area (Å²) in [6, 6.07) is 10.1. The van der Waals surface area contributed by atoms with Crippen LogP contribution in [0.2, 0.25) is 0 Å². The number of amides is 1. The molecule has 1 N–H and O–H groups in total. The fourth-order valence-corrected chi connectivity index (χ4v) is 2.44. The molecule has 5 nitrogen and oxygen atoms in total. The number of aromatic amines is 1. The van der Waals surface area contributed by atoms with Crippen molar-refractivity contribution in [3.63, 3.8) is 0 Å². The third-order valence-corrected chi connectivity index (χ3v) is 3.70. The van der Waals surface area contributed by atoms with Crippen molar-refractivity contribution >= 4 is 16.8 Å². The monoisotopic (exact) mass is 294 g/mol. The number of pyridine rings is 1. The minimum Gasteiger partial charge on any atom is -0.341 e. The van der Waals surface area contributed by atoms with Crippen LogP contribution in [0, 0.1) is 0 Å². The van der Waals surface area contributed by atoms with Crippen molar-refractivity contribution in [2.75, 3.05) is 7.05 Å². The van der Waals surface area contributed by atoms with Gasteiger partial charge in [0.2, 0.25) is 5.91 Å². The van der Waals surface area contributed by atoms with Gasteiger partial charge in [-0.2, -0.15) is 5.10 Å². The number of fused-ring (bicyclic) bond motifs is 1. The number of hydrogen-bond acceptors (Lipinski definition) is 3. The van der Waals surface area contributed by atoms with Gasteiger partial charge in [-0.05, 0) is 35.7 Å². The van der Waals surface area contributed by atoms with Crippen LogP contribution in [0.4, 0.5) is 0 Å². The number of nitrogens with one attached hydrogen (secondary N) is 1. The molecule has 2 aromatic heterocycles. The third kappa shape index (κ3) is 3.31. The Kier molecular flexibility index (Phi) is 4.14. The van der Waals surface area contributed by atoms with Crippen molar-refractivity contribution in [1.29, 1.82) is 0 Å². The Labute approximate surface area is 129 Å². The van der Waals surface area contributed by atoms with Crippen molar-refractivity contribution in [2.45, 2.75) is 19.4 Å². The predicted molar refractivity (Wildman–Crippen MR) is 85.1 cm³/mol. The summed E-state index contributed by atoms with van der Waals surface area (Å²) in [5, 5.41) is 7.74. The Morgan fingerprint density at radius 2 is 2.18 bits per heavy atom. The van der Waals surface area contributed by atoms with Crippen LogP contribution in [0.25, 0.3) is 10.9 Å². The van der Waals surface area contributed by atoms with Gasteiger partial charge in [-0.25, -0.2) is 0 Å². The van der Waals surface area contributed by atoms with Crippen LogP contribution in [0.3, 0.4) is 0 Å². The van der Waals surface area contributed by atoms with E-state index in [4.69, 9.17) is 0 Å². The first-order valence-corrected chi connectivity index (χ1v) is 7.27. The summed E-state index contributed by atoms with van der Waals surface area (Å²) < 4.78 is 0. The Morgan fingerprint density at radius 3 is 3.00 bits per heavy atom. The highest BCUT2D eigenvalue weighted by molar-refractivity contribution is 5.79. The molecule has 0 unspecified atom stereocenters. The van der Waals surface area contributed by atoms with Crippen LogP contribution in [0.1, 0.15) is 17.5 Å². The van der Waals surface area contributed by atoms with Gasteiger partial charge in [-0.15, -0.1) is 0 Å². The quantitative estimate of drug-likeness (QED) is 0.786. The van der Waals surface area contributed by atoms with Gasteiger partial charge >= 0.3 is 0 Å². The highest BCUT2D eigenvalue weighted by atomic mass is 16.2. The molecule has 0 spiro atoms. The molecule has 1 aromatic carbocycles. The van der Waals surface area contributed by atoms with E-state index in [1.165, 1.54) is 0 Å². The molecule has 0 saturated carbocycles. The van der Waals surface area contributed by atoms with Crippen molar-refractivity contribution in [1.82, 2.24) is 20.1 Å². The lowest BCUT2D eigenvalue weighted by Gasteiger charge is -2.17. The van der Waals surface area contributed by atoms with E-state index < -0.39 is 0 Å². The summed E-state index contributed by atoms with van der Waals surface area (Å²) in [6.45, 7) is 0.606. The first kappa shape index (κ1) is 14.3. The third-order valence-electron chi connectivity index (χ3n) is 3.70. The average Bonchev–Trinajstić information content (AvgIpc) is 3.06. The second-order valence-corrected chi connectivity index (χ2v) is 5.39. The summed E-state index contributed by atoms with van der Waals surface area (Å²) >= 11 is 0. The molecule has 0 aliphatic carbocycles. The smallest absolute Gasteiger partial charge is 0.222 e. The van der Waals surface area contributed by atoms with Gasteiger partial charge < -0.3 is 4.90 Å². The molecule has 0 atom stereocenters. The van der Waals surface area contributed by atoms with E-state index in [-0.39, 0.29) is 5.91 Å². The SMILES string of the molecule is CN(Cc1ccc2ncccc2c1)C(=O)CCc1cn[nH]c1. The number of carbonyl (C=O) groups excluding carboxylic acids is 1. The van der Waals surface area contributed by atoms with Crippen LogP contribution in [0.15, 0.2) is 48.9 Å². The van der Waals surface area contributed by atoms with Crippen LogP contribution >= 0.6 is 0 Å². The molecule has 0 aliphatic rings. The normalized spacial score (nSPS) is 10.8. The number of rotatable bonds is 5. The lowest BCUT2D eigenvalue weighted by molar-refractivity contribution is -0.130. The number of aromatic nitrogens is 3. The molecule has 0 fully saturated rings. The van der Waals surface area contributed by atoms with E-state index in [1.54, 1.807) is 17.3 Å². The predicted octanol–water partition coefficient (Wildman–Crippen LogP) is 2.55. The van der Waals surface area contributed by atoms with Gasteiger partial charge in [-0.1, -0.05) is 12.1 Å². The van der Waals surface area contributed by atoms with Gasteiger partial charge in [0.25, 0.3) is 0 Å². The Balaban J connectivity index is 1.61. The molecule has 0 saturated heterocycles. The van der Waals surface area contributed by atoms with E-state index in [9.17, 15) is 4.79 Å². The standard InChI is InChI=1S/C17H18N4O/c1-21(17(22)7-5-14-10-19-20-11-14)12-13-4-6-16-15(9-13)3-2-8-18-16/h2-4,6,8-11H,5,7,12H2,1H3,(H,19,20). The minimum atomic E-state index is 0.132. The number of hydrogen-bond donors (Lipinski definition) is 1. The molecule has 0 bridgehead atoms. The Hall–Kier alpha value is -2.69. The van der Waals surface area contributed by atoms with Crippen LogP contribution in [-0.2, 0) is 17.8 Å². The van der Waals surface area contributed by atoms with E-state index in [0.29, 0.717) is 19.4 Å². The summed E-state index contributed by atoms with van der Waals surface area (Å²) in [6.07, 6.45) is 6.56. The fourth-order valence-electron chi connectivity index (χ4n) is 2.44.